The van der Waals surface area contributed by atoms with Gasteiger partial charge in [0, 0.05) is 53.3 Å². The predicted molar refractivity (Wildman–Crippen MR) is 284 cm³/mol. The van der Waals surface area contributed by atoms with Crippen LogP contribution in [0.4, 0.5) is 0 Å². The number of benzene rings is 3. The average Bonchev–Trinajstić information content (AvgIpc) is 3.92. The number of allylic oxidation sites excluding steroid dienone is 3. The largest absolute Gasteiger partial charge is 0.508 e. The molecule has 10 atom stereocenters. The number of hydrogen-bond acceptors (Lipinski definition) is 8. The maximum Gasteiger partial charge on any atom is 0.309 e. The number of aliphatic carboxylic acids is 1. The van der Waals surface area contributed by atoms with Gasteiger partial charge in [0.1, 0.15) is 11.5 Å². The highest BCUT2D eigenvalue weighted by Gasteiger charge is 2.51. The van der Waals surface area contributed by atoms with E-state index in [0.717, 1.165) is 78.6 Å². The smallest absolute Gasteiger partial charge is 0.309 e. The van der Waals surface area contributed by atoms with E-state index in [2.05, 4.69) is 91.8 Å². The van der Waals surface area contributed by atoms with Crippen molar-refractivity contribution in [3.8, 4) is 33.9 Å². The Bertz CT molecular complexity index is 2490. The van der Waals surface area contributed by atoms with Crippen molar-refractivity contribution in [3.05, 3.63) is 131 Å². The molecule has 0 amide bonds. The zero-order valence-electron chi connectivity index (χ0n) is 42.4. The van der Waals surface area contributed by atoms with E-state index in [4.69, 9.17) is 5.73 Å². The number of carbonyl (C=O) groups is 1. The number of carboxylic acids is 1. The number of H-pyrrole nitrogens is 1. The number of phenolic OH excluding ortho intramolecular Hbond substituents is 2. The lowest BCUT2D eigenvalue weighted by Crippen LogP contribution is -2.42. The van der Waals surface area contributed by atoms with Gasteiger partial charge in [-0.05, 0) is 141 Å². The molecule has 2 saturated carbocycles. The molecule has 10 heteroatoms. The lowest BCUT2D eigenvalue weighted by Gasteiger charge is -2.39. The molecule has 3 aliphatic carbocycles. The second-order valence-electron chi connectivity index (χ2n) is 22.2. The number of aromatic amines is 1. The van der Waals surface area contributed by atoms with Crippen LogP contribution in [0.2, 0.25) is 0 Å². The minimum absolute atomic E-state index is 0.00145. The Labute approximate surface area is 422 Å². The van der Waals surface area contributed by atoms with Gasteiger partial charge in [0.2, 0.25) is 0 Å². The number of aromatic hydroxyl groups is 2. The van der Waals surface area contributed by atoms with Crippen LogP contribution in [0.15, 0.2) is 108 Å². The van der Waals surface area contributed by atoms with E-state index in [-0.39, 0.29) is 60.0 Å². The predicted octanol–water partition coefficient (Wildman–Crippen LogP) is 12.0. The Balaban J connectivity index is 1.15. The molecule has 71 heavy (non-hydrogen) atoms. The zero-order valence-corrected chi connectivity index (χ0v) is 42.4. The summed E-state index contributed by atoms with van der Waals surface area (Å²) < 4.78 is 0. The number of rotatable bonds is 18. The van der Waals surface area contributed by atoms with Crippen molar-refractivity contribution in [2.24, 2.45) is 41.2 Å². The number of aromatic nitrogens is 1. The monoisotopic (exact) mass is 968 g/mol. The molecule has 0 saturated heterocycles. The number of aliphatic hydroxyl groups is 3. The summed E-state index contributed by atoms with van der Waals surface area (Å²) in [5.74, 6) is -1.15. The van der Waals surface area contributed by atoms with Crippen molar-refractivity contribution >= 4 is 5.97 Å². The van der Waals surface area contributed by atoms with Crippen molar-refractivity contribution < 1.29 is 35.4 Å². The summed E-state index contributed by atoms with van der Waals surface area (Å²) in [5, 5.41) is 73.0. The normalized spacial score (nSPS) is 28.0. The van der Waals surface area contributed by atoms with E-state index >= 15 is 0 Å². The number of nitrogens with two attached hydrogens (primary N) is 1. The van der Waals surface area contributed by atoms with Gasteiger partial charge in [0.15, 0.2) is 0 Å². The third-order valence-corrected chi connectivity index (χ3v) is 16.9. The Kier molecular flexibility index (Phi) is 17.2. The number of aliphatic hydroxyl groups excluding tert-OH is 2. The van der Waals surface area contributed by atoms with Gasteiger partial charge in [-0.15, -0.1) is 0 Å². The van der Waals surface area contributed by atoms with Gasteiger partial charge >= 0.3 is 5.97 Å². The molecule has 3 aromatic carbocycles. The minimum atomic E-state index is -1.19. The first-order valence-corrected chi connectivity index (χ1v) is 27.0. The number of fused-ring (bicyclic) bond motifs is 1. The number of dihydropyridines is 1. The van der Waals surface area contributed by atoms with Gasteiger partial charge in [-0.25, -0.2) is 0 Å². The number of hydrogen-bond donors (Lipinski definition) is 9. The van der Waals surface area contributed by atoms with Crippen LogP contribution < -0.4 is 11.1 Å². The first-order valence-electron chi connectivity index (χ1n) is 27.0. The summed E-state index contributed by atoms with van der Waals surface area (Å²) in [7, 11) is 0. The summed E-state index contributed by atoms with van der Waals surface area (Å²) in [4.78, 5) is 17.2. The molecular weight excluding hydrogens is 887 g/mol. The maximum absolute atomic E-state index is 13.3. The molecule has 382 valence electrons. The zero-order chi connectivity index (χ0) is 50.2. The summed E-state index contributed by atoms with van der Waals surface area (Å²) >= 11 is 0. The molecule has 2 fully saturated rings. The number of nitrogens with one attached hydrogen (secondary N) is 2. The van der Waals surface area contributed by atoms with Gasteiger partial charge in [0.25, 0.3) is 0 Å². The van der Waals surface area contributed by atoms with E-state index in [1.54, 1.807) is 6.07 Å². The summed E-state index contributed by atoms with van der Waals surface area (Å²) in [5.41, 5.74) is 13.3. The molecule has 4 aliphatic rings. The average molecular weight is 968 g/mol. The van der Waals surface area contributed by atoms with Gasteiger partial charge in [-0.1, -0.05) is 126 Å². The fourth-order valence-corrected chi connectivity index (χ4v) is 13.1. The Morgan fingerprint density at radius 1 is 0.859 bits per heavy atom. The van der Waals surface area contributed by atoms with Crippen LogP contribution in [0.1, 0.15) is 158 Å². The molecule has 10 unspecified atom stereocenters. The molecule has 8 rings (SSSR count). The van der Waals surface area contributed by atoms with Gasteiger partial charge in [-0.2, -0.15) is 0 Å². The molecule has 2 heterocycles. The maximum atomic E-state index is 13.3. The molecular formula is C61H81N3O7. The summed E-state index contributed by atoms with van der Waals surface area (Å²) in [6, 6.07) is 23.9. The standard InChI is InChI=1S/C61H81N3O7/c1-4-5-7-12-39-19-22-45(55(67)32-39)15-10-11-16-46-23-24-48(52-31-42(29-41-26-28-63-57(62)33-41)37-61(52,71)27-25-54(66)58(46)60(69)70)53-36-49(44-13-8-6-9-14-44)59(64-53)51-34-47(65)35-56(68)50(51)30-40-17-20-43(21-18-40)38(2)3/h6,8-9,13-14,17-22,26,33-36,38-39,42,45-46,48,52,54-55,58,63-68,71H,4-5,7,10-12,15-16,23-25,27-32,37,62H2,1-3H3,(H,69,70). The van der Waals surface area contributed by atoms with Gasteiger partial charge in [0.05, 0.1) is 35.2 Å². The topological polar surface area (TPSA) is 192 Å². The number of phenols is 2. The summed E-state index contributed by atoms with van der Waals surface area (Å²) in [6.07, 6.45) is 19.8. The van der Waals surface area contributed by atoms with Crippen molar-refractivity contribution in [2.45, 2.75) is 160 Å². The molecule has 0 radical (unpaired) electrons. The van der Waals surface area contributed by atoms with Gasteiger partial charge in [-0.3, -0.25) is 4.79 Å². The molecule has 1 aliphatic heterocycles. The van der Waals surface area contributed by atoms with E-state index in [9.17, 15) is 35.4 Å². The molecule has 10 nitrogen and oxygen atoms in total. The summed E-state index contributed by atoms with van der Waals surface area (Å²) in [6.45, 7) is 7.19. The van der Waals surface area contributed by atoms with Crippen molar-refractivity contribution in [2.75, 3.05) is 6.54 Å². The lowest BCUT2D eigenvalue weighted by atomic mass is 9.69. The lowest BCUT2D eigenvalue weighted by molar-refractivity contribution is -0.150. The van der Waals surface area contributed by atoms with Crippen molar-refractivity contribution in [1.29, 1.82) is 0 Å². The fourth-order valence-electron chi connectivity index (χ4n) is 13.1. The van der Waals surface area contributed by atoms with Crippen LogP contribution in [-0.4, -0.2) is 65.9 Å². The van der Waals surface area contributed by atoms with Crippen LogP contribution in [0, 0.1) is 35.5 Å². The molecule has 4 aromatic rings. The highest BCUT2D eigenvalue weighted by molar-refractivity contribution is 5.85. The Hall–Kier alpha value is -5.29. The first kappa shape index (κ1) is 52.0. The van der Waals surface area contributed by atoms with Crippen LogP contribution in [0.3, 0.4) is 0 Å². The third-order valence-electron chi connectivity index (χ3n) is 16.9. The fraction of sp³-hybridized carbons (Fsp3) is 0.525. The molecule has 1 aromatic heterocycles. The van der Waals surface area contributed by atoms with E-state index < -0.39 is 23.6 Å². The van der Waals surface area contributed by atoms with Crippen LogP contribution in [0.5, 0.6) is 11.5 Å². The third kappa shape index (κ3) is 12.7. The quantitative estimate of drug-likeness (QED) is 0.0345. The van der Waals surface area contributed by atoms with Crippen molar-refractivity contribution in [1.82, 2.24) is 10.3 Å². The molecule has 0 spiro atoms. The van der Waals surface area contributed by atoms with Crippen LogP contribution in [0.25, 0.3) is 22.4 Å². The van der Waals surface area contributed by atoms with Crippen LogP contribution in [-0.2, 0) is 11.2 Å². The Morgan fingerprint density at radius 2 is 1.62 bits per heavy atom. The highest BCUT2D eigenvalue weighted by Crippen LogP contribution is 2.55. The SMILES string of the molecule is CCCCCC1C=CC(CCCCC2CCC(c3cc(-c4ccccc4)c(-c4cc(O)cc(O)c4Cc4ccc(C(C)C)cc4)[nH]3)C3CC(CC4=CCNC(N)=C4)CC3(O)CCC(O)C2C(=O)O)C(O)C1. The molecule has 0 bridgehead atoms. The minimum Gasteiger partial charge on any atom is -0.508 e. The second kappa shape index (κ2) is 23.5. The highest BCUT2D eigenvalue weighted by atomic mass is 16.4. The second-order valence-corrected chi connectivity index (χ2v) is 22.2. The van der Waals surface area contributed by atoms with Crippen molar-refractivity contribution in [3.63, 3.8) is 0 Å². The van der Waals surface area contributed by atoms with E-state index in [0.29, 0.717) is 67.4 Å². The first-order chi connectivity index (χ1) is 34.2. The number of unbranched alkanes of at least 4 members (excludes halogenated alkanes) is 3. The van der Waals surface area contributed by atoms with E-state index in [1.807, 2.05) is 24.3 Å². The van der Waals surface area contributed by atoms with Crippen LogP contribution >= 0.6 is 0 Å². The number of carboxylic acid groups (broad SMARTS) is 1. The molecule has 10 N–H and O–H groups in total. The Morgan fingerprint density at radius 3 is 2.34 bits per heavy atom. The van der Waals surface area contributed by atoms with Gasteiger partial charge < -0.3 is 46.7 Å². The van der Waals surface area contributed by atoms with E-state index in [1.165, 1.54) is 30.9 Å².